The third-order valence-electron chi connectivity index (χ3n) is 4.69. The van der Waals surface area contributed by atoms with Crippen LogP contribution in [-0.2, 0) is 23.2 Å². The Hall–Kier alpha value is -2.98. The topological polar surface area (TPSA) is 108 Å². The predicted octanol–water partition coefficient (Wildman–Crippen LogP) is 3.49. The van der Waals surface area contributed by atoms with Crippen molar-refractivity contribution in [2.24, 2.45) is 0 Å². The molecule has 0 bridgehead atoms. The van der Waals surface area contributed by atoms with Crippen molar-refractivity contribution in [3.63, 3.8) is 0 Å². The molecule has 0 spiro atoms. The molecule has 0 aliphatic heterocycles. The van der Waals surface area contributed by atoms with Crippen molar-refractivity contribution < 1.29 is 18.1 Å². The average molecular weight is 433 g/mol. The Bertz CT molecular complexity index is 1200. The number of aryl methyl sites for hydroxylation is 2. The number of nitrogens with zero attached hydrogens (tertiary/aromatic N) is 4. The molecule has 3 rings (SSSR count). The van der Waals surface area contributed by atoms with E-state index in [1.54, 1.807) is 31.2 Å². The zero-order chi connectivity index (χ0) is 22.1. The first-order chi connectivity index (χ1) is 14.1. The Balaban J connectivity index is 1.99. The van der Waals surface area contributed by atoms with Gasteiger partial charge in [0.15, 0.2) is 5.75 Å². The molecule has 0 saturated carbocycles. The number of ether oxygens (including phenoxy) is 1. The lowest BCUT2D eigenvalue weighted by atomic mass is 10.2. The standard InChI is InChI=1S/C20H24N4O5S/c1-5-10-23-17-8-7-15(30(27,28)22(3)4)12-16(17)21-20(23)13-29-19-9-6-14(2)11-18(19)24(25)26/h6-9,11-12H,5,10,13H2,1-4H3. The lowest BCUT2D eigenvalue weighted by molar-refractivity contribution is -0.386. The zero-order valence-corrected chi connectivity index (χ0v) is 18.1. The summed E-state index contributed by atoms with van der Waals surface area (Å²) in [6.07, 6.45) is 0.834. The smallest absolute Gasteiger partial charge is 0.311 e. The zero-order valence-electron chi connectivity index (χ0n) is 17.3. The second kappa shape index (κ2) is 8.41. The molecule has 0 saturated heterocycles. The fourth-order valence-electron chi connectivity index (χ4n) is 3.15. The Labute approximate surface area is 175 Å². The molecule has 0 fully saturated rings. The summed E-state index contributed by atoms with van der Waals surface area (Å²) in [6, 6.07) is 9.60. The highest BCUT2D eigenvalue weighted by atomic mass is 32.2. The Morgan fingerprint density at radius 2 is 1.93 bits per heavy atom. The minimum atomic E-state index is -3.58. The van der Waals surface area contributed by atoms with Crippen LogP contribution in [0.5, 0.6) is 5.75 Å². The molecule has 0 atom stereocenters. The molecule has 0 aliphatic rings. The number of benzene rings is 2. The van der Waals surface area contributed by atoms with Crippen LogP contribution in [-0.4, -0.2) is 41.3 Å². The minimum Gasteiger partial charge on any atom is -0.479 e. The minimum absolute atomic E-state index is 0.0222. The van der Waals surface area contributed by atoms with Gasteiger partial charge in [-0.15, -0.1) is 0 Å². The van der Waals surface area contributed by atoms with Crippen LogP contribution in [0.3, 0.4) is 0 Å². The van der Waals surface area contributed by atoms with E-state index in [2.05, 4.69) is 4.98 Å². The van der Waals surface area contributed by atoms with Gasteiger partial charge in [-0.05, 0) is 43.2 Å². The van der Waals surface area contributed by atoms with Gasteiger partial charge in [0.1, 0.15) is 12.4 Å². The van der Waals surface area contributed by atoms with Crippen LogP contribution in [0.4, 0.5) is 5.69 Å². The van der Waals surface area contributed by atoms with Crippen molar-refractivity contribution in [3.05, 3.63) is 57.9 Å². The second-order valence-corrected chi connectivity index (χ2v) is 9.29. The van der Waals surface area contributed by atoms with Crippen LogP contribution in [0, 0.1) is 17.0 Å². The van der Waals surface area contributed by atoms with E-state index in [-0.39, 0.29) is 22.9 Å². The number of hydrogen-bond donors (Lipinski definition) is 0. The summed E-state index contributed by atoms with van der Waals surface area (Å²) in [4.78, 5) is 15.6. The van der Waals surface area contributed by atoms with E-state index in [0.29, 0.717) is 17.9 Å². The summed E-state index contributed by atoms with van der Waals surface area (Å²) in [7, 11) is -0.631. The number of nitro groups is 1. The third kappa shape index (κ3) is 4.14. The summed E-state index contributed by atoms with van der Waals surface area (Å²) in [6.45, 7) is 4.47. The van der Waals surface area contributed by atoms with Gasteiger partial charge in [0.05, 0.1) is 20.9 Å². The van der Waals surface area contributed by atoms with Crippen LogP contribution < -0.4 is 4.74 Å². The molecule has 9 nitrogen and oxygen atoms in total. The van der Waals surface area contributed by atoms with Crippen molar-refractivity contribution in [2.75, 3.05) is 14.1 Å². The van der Waals surface area contributed by atoms with E-state index in [0.717, 1.165) is 21.8 Å². The Morgan fingerprint density at radius 1 is 1.20 bits per heavy atom. The number of aromatic nitrogens is 2. The highest BCUT2D eigenvalue weighted by molar-refractivity contribution is 7.89. The highest BCUT2D eigenvalue weighted by Crippen LogP contribution is 2.29. The van der Waals surface area contributed by atoms with Crippen molar-refractivity contribution in [2.45, 2.75) is 38.3 Å². The van der Waals surface area contributed by atoms with E-state index in [1.165, 1.54) is 26.2 Å². The molecule has 0 aliphatic carbocycles. The molecule has 0 N–H and O–H groups in total. The Kier molecular flexibility index (Phi) is 6.09. The molecule has 10 heteroatoms. The normalized spacial score (nSPS) is 11.9. The first kappa shape index (κ1) is 21.7. The maximum absolute atomic E-state index is 12.4. The van der Waals surface area contributed by atoms with Gasteiger partial charge in [-0.3, -0.25) is 10.1 Å². The van der Waals surface area contributed by atoms with Crippen LogP contribution in [0.2, 0.25) is 0 Å². The average Bonchev–Trinajstić information content (AvgIpc) is 3.03. The Morgan fingerprint density at radius 3 is 2.57 bits per heavy atom. The summed E-state index contributed by atoms with van der Waals surface area (Å²) in [5, 5.41) is 11.3. The van der Waals surface area contributed by atoms with Gasteiger partial charge < -0.3 is 9.30 Å². The van der Waals surface area contributed by atoms with Gasteiger partial charge in [0.25, 0.3) is 0 Å². The SMILES string of the molecule is CCCn1c(COc2ccc(C)cc2[N+](=O)[O-])nc2cc(S(=O)(=O)N(C)C)ccc21. The summed E-state index contributed by atoms with van der Waals surface area (Å²) < 4.78 is 33.7. The van der Waals surface area contributed by atoms with Crippen LogP contribution in [0.25, 0.3) is 11.0 Å². The molecule has 0 unspecified atom stereocenters. The number of sulfonamides is 1. The monoisotopic (exact) mass is 432 g/mol. The van der Waals surface area contributed by atoms with E-state index in [1.807, 2.05) is 11.5 Å². The molecule has 1 aromatic heterocycles. The molecule has 2 aromatic carbocycles. The predicted molar refractivity (Wildman–Crippen MR) is 113 cm³/mol. The molecular weight excluding hydrogens is 408 g/mol. The van der Waals surface area contributed by atoms with Crippen LogP contribution in [0.15, 0.2) is 41.3 Å². The summed E-state index contributed by atoms with van der Waals surface area (Å²) >= 11 is 0. The number of fused-ring (bicyclic) bond motifs is 1. The van der Waals surface area contributed by atoms with Gasteiger partial charge in [-0.2, -0.15) is 0 Å². The molecule has 30 heavy (non-hydrogen) atoms. The largest absolute Gasteiger partial charge is 0.479 e. The first-order valence-electron chi connectivity index (χ1n) is 9.44. The number of nitro benzene ring substituents is 1. The summed E-state index contributed by atoms with van der Waals surface area (Å²) in [5.41, 5.74) is 1.98. The first-order valence-corrected chi connectivity index (χ1v) is 10.9. The number of hydrogen-bond acceptors (Lipinski definition) is 6. The summed E-state index contributed by atoms with van der Waals surface area (Å²) in [5.74, 6) is 0.734. The van der Waals surface area contributed by atoms with E-state index in [9.17, 15) is 18.5 Å². The molecular formula is C20H24N4O5S. The second-order valence-electron chi connectivity index (χ2n) is 7.13. The number of rotatable bonds is 8. The molecule has 1 heterocycles. The fraction of sp³-hybridized carbons (Fsp3) is 0.350. The van der Waals surface area contributed by atoms with E-state index in [4.69, 9.17) is 4.74 Å². The molecule has 160 valence electrons. The third-order valence-corrected chi connectivity index (χ3v) is 6.50. The highest BCUT2D eigenvalue weighted by Gasteiger charge is 2.21. The van der Waals surface area contributed by atoms with Crippen molar-refractivity contribution >= 4 is 26.7 Å². The number of imidazole rings is 1. The lowest BCUT2D eigenvalue weighted by Gasteiger charge is -2.11. The van der Waals surface area contributed by atoms with Crippen molar-refractivity contribution in [1.29, 1.82) is 0 Å². The maximum atomic E-state index is 12.4. The lowest BCUT2D eigenvalue weighted by Crippen LogP contribution is -2.22. The maximum Gasteiger partial charge on any atom is 0.311 e. The van der Waals surface area contributed by atoms with Crippen LogP contribution in [0.1, 0.15) is 24.7 Å². The van der Waals surface area contributed by atoms with Crippen molar-refractivity contribution in [3.8, 4) is 5.75 Å². The molecule has 0 amide bonds. The van der Waals surface area contributed by atoms with E-state index >= 15 is 0 Å². The molecule has 3 aromatic rings. The van der Waals surface area contributed by atoms with E-state index < -0.39 is 14.9 Å². The van der Waals surface area contributed by atoms with Gasteiger partial charge in [0, 0.05) is 26.7 Å². The molecule has 0 radical (unpaired) electrons. The van der Waals surface area contributed by atoms with Crippen molar-refractivity contribution in [1.82, 2.24) is 13.9 Å². The van der Waals surface area contributed by atoms with Gasteiger partial charge >= 0.3 is 5.69 Å². The van der Waals surface area contributed by atoms with Gasteiger partial charge in [-0.1, -0.05) is 13.0 Å². The van der Waals surface area contributed by atoms with Gasteiger partial charge in [-0.25, -0.2) is 17.7 Å². The van der Waals surface area contributed by atoms with Gasteiger partial charge in [0.2, 0.25) is 10.0 Å². The quantitative estimate of drug-likeness (QED) is 0.398. The van der Waals surface area contributed by atoms with Crippen LogP contribution >= 0.6 is 0 Å². The fourth-order valence-corrected chi connectivity index (χ4v) is 4.07.